The van der Waals surface area contributed by atoms with Crippen molar-refractivity contribution in [2.75, 3.05) is 12.3 Å². The Balaban J connectivity index is 2.19. The van der Waals surface area contributed by atoms with Crippen LogP contribution < -0.4 is 4.72 Å². The van der Waals surface area contributed by atoms with E-state index in [1.165, 1.54) is 11.1 Å². The Morgan fingerprint density at radius 2 is 1.76 bits per heavy atom. The third-order valence-electron chi connectivity index (χ3n) is 2.71. The summed E-state index contributed by atoms with van der Waals surface area (Å²) in [6.07, 6.45) is 2.90. The third kappa shape index (κ3) is 5.84. The average Bonchev–Trinajstić information content (AvgIpc) is 2.31. The minimum Gasteiger partial charge on any atom is -0.215 e. The summed E-state index contributed by atoms with van der Waals surface area (Å²) in [4.78, 5) is 0. The molecule has 1 aromatic carbocycles. The summed E-state index contributed by atoms with van der Waals surface area (Å²) >= 11 is 0. The normalized spacial score (nSPS) is 11.6. The SMILES string of the molecule is CCS(=O)(=O)NCCCCc1ccc(C)cc1. The number of rotatable bonds is 7. The van der Waals surface area contributed by atoms with Crippen molar-refractivity contribution in [3.8, 4) is 0 Å². The van der Waals surface area contributed by atoms with Gasteiger partial charge in [0.25, 0.3) is 0 Å². The monoisotopic (exact) mass is 255 g/mol. The fourth-order valence-corrected chi connectivity index (χ4v) is 2.20. The third-order valence-corrected chi connectivity index (χ3v) is 4.12. The van der Waals surface area contributed by atoms with Crippen molar-refractivity contribution in [3.05, 3.63) is 35.4 Å². The summed E-state index contributed by atoms with van der Waals surface area (Å²) in [5, 5.41) is 0. The highest BCUT2D eigenvalue weighted by Crippen LogP contribution is 2.06. The van der Waals surface area contributed by atoms with Gasteiger partial charge in [0.05, 0.1) is 5.75 Å². The molecule has 0 bridgehead atoms. The molecule has 0 spiro atoms. The van der Waals surface area contributed by atoms with Crippen LogP contribution in [0.1, 0.15) is 30.9 Å². The van der Waals surface area contributed by atoms with Gasteiger partial charge in [-0.05, 0) is 38.7 Å². The van der Waals surface area contributed by atoms with Gasteiger partial charge in [0, 0.05) is 6.54 Å². The Hall–Kier alpha value is -0.870. The van der Waals surface area contributed by atoms with Gasteiger partial charge in [-0.3, -0.25) is 0 Å². The first-order valence-corrected chi connectivity index (χ1v) is 7.71. The van der Waals surface area contributed by atoms with Crippen LogP contribution in [0.15, 0.2) is 24.3 Å². The number of unbranched alkanes of at least 4 members (excludes halogenated alkanes) is 1. The van der Waals surface area contributed by atoms with E-state index < -0.39 is 10.0 Å². The lowest BCUT2D eigenvalue weighted by atomic mass is 10.1. The minimum atomic E-state index is -3.02. The smallest absolute Gasteiger partial charge is 0.211 e. The van der Waals surface area contributed by atoms with Crippen molar-refractivity contribution in [2.45, 2.75) is 33.1 Å². The molecule has 0 aromatic heterocycles. The van der Waals surface area contributed by atoms with Crippen LogP contribution >= 0.6 is 0 Å². The first-order valence-electron chi connectivity index (χ1n) is 6.06. The van der Waals surface area contributed by atoms with Crippen molar-refractivity contribution >= 4 is 10.0 Å². The molecule has 1 rings (SSSR count). The molecule has 0 unspecified atom stereocenters. The van der Waals surface area contributed by atoms with E-state index in [1.807, 2.05) is 0 Å². The highest BCUT2D eigenvalue weighted by Gasteiger charge is 2.04. The summed E-state index contributed by atoms with van der Waals surface area (Å²) in [7, 11) is -3.02. The molecule has 17 heavy (non-hydrogen) atoms. The molecule has 0 aliphatic heterocycles. The lowest BCUT2D eigenvalue weighted by molar-refractivity contribution is 0.578. The molecule has 0 radical (unpaired) electrons. The fraction of sp³-hybridized carbons (Fsp3) is 0.538. The van der Waals surface area contributed by atoms with Crippen LogP contribution in [0.4, 0.5) is 0 Å². The molecular weight excluding hydrogens is 234 g/mol. The first kappa shape index (κ1) is 14.2. The van der Waals surface area contributed by atoms with Crippen LogP contribution in [-0.2, 0) is 16.4 Å². The Bertz CT molecular complexity index is 423. The second-order valence-electron chi connectivity index (χ2n) is 4.24. The summed E-state index contributed by atoms with van der Waals surface area (Å²) < 4.78 is 24.9. The van der Waals surface area contributed by atoms with Gasteiger partial charge in [-0.25, -0.2) is 13.1 Å². The lowest BCUT2D eigenvalue weighted by Gasteiger charge is -2.04. The molecular formula is C13H21NO2S. The molecule has 1 aromatic rings. The highest BCUT2D eigenvalue weighted by atomic mass is 32.2. The number of benzene rings is 1. The minimum absolute atomic E-state index is 0.158. The van der Waals surface area contributed by atoms with Gasteiger partial charge in [-0.2, -0.15) is 0 Å². The van der Waals surface area contributed by atoms with Crippen molar-refractivity contribution < 1.29 is 8.42 Å². The van der Waals surface area contributed by atoms with Gasteiger partial charge in [0.2, 0.25) is 10.0 Å². The Kier molecular flexibility index (Phi) is 5.65. The molecule has 1 N–H and O–H groups in total. The molecule has 0 saturated heterocycles. The van der Waals surface area contributed by atoms with Gasteiger partial charge in [-0.1, -0.05) is 29.8 Å². The average molecular weight is 255 g/mol. The van der Waals surface area contributed by atoms with Crippen LogP contribution in [0.25, 0.3) is 0 Å². The quantitative estimate of drug-likeness (QED) is 0.760. The largest absolute Gasteiger partial charge is 0.215 e. The predicted molar refractivity (Wildman–Crippen MR) is 71.6 cm³/mol. The van der Waals surface area contributed by atoms with Gasteiger partial charge < -0.3 is 0 Å². The van der Waals surface area contributed by atoms with Crippen LogP contribution in [0, 0.1) is 6.92 Å². The Labute approximate surface area is 104 Å². The maximum Gasteiger partial charge on any atom is 0.211 e. The second kappa shape index (κ2) is 6.77. The van der Waals surface area contributed by atoms with E-state index in [-0.39, 0.29) is 5.75 Å². The van der Waals surface area contributed by atoms with Gasteiger partial charge in [0.1, 0.15) is 0 Å². The molecule has 0 fully saturated rings. The number of sulfonamides is 1. The van der Waals surface area contributed by atoms with Crippen molar-refractivity contribution in [1.82, 2.24) is 4.72 Å². The number of hydrogen-bond acceptors (Lipinski definition) is 2. The van der Waals surface area contributed by atoms with Crippen LogP contribution in [0.3, 0.4) is 0 Å². The molecule has 3 nitrogen and oxygen atoms in total. The Morgan fingerprint density at radius 3 is 2.35 bits per heavy atom. The standard InChI is InChI=1S/C13H21NO2S/c1-3-17(15,16)14-11-5-4-6-13-9-7-12(2)8-10-13/h7-10,14H,3-6,11H2,1-2H3. The zero-order chi connectivity index (χ0) is 12.7. The summed E-state index contributed by atoms with van der Waals surface area (Å²) in [6.45, 7) is 4.26. The zero-order valence-electron chi connectivity index (χ0n) is 10.6. The molecule has 0 atom stereocenters. The number of nitrogens with one attached hydrogen (secondary N) is 1. The summed E-state index contributed by atoms with van der Waals surface area (Å²) in [5.41, 5.74) is 2.58. The van der Waals surface area contributed by atoms with Gasteiger partial charge >= 0.3 is 0 Å². The van der Waals surface area contributed by atoms with Gasteiger partial charge in [0.15, 0.2) is 0 Å². The molecule has 0 amide bonds. The van der Waals surface area contributed by atoms with Crippen LogP contribution in [0.2, 0.25) is 0 Å². The topological polar surface area (TPSA) is 46.2 Å². The maximum atomic E-state index is 11.2. The van der Waals surface area contributed by atoms with E-state index in [9.17, 15) is 8.42 Å². The van der Waals surface area contributed by atoms with E-state index in [2.05, 4.69) is 35.9 Å². The summed E-state index contributed by atoms with van der Waals surface area (Å²) in [6, 6.07) is 8.47. The molecule has 0 heterocycles. The van der Waals surface area contributed by atoms with Crippen molar-refractivity contribution in [1.29, 1.82) is 0 Å². The predicted octanol–water partition coefficient (Wildman–Crippen LogP) is 2.26. The first-order chi connectivity index (χ1) is 8.03. The van der Waals surface area contributed by atoms with Crippen molar-refractivity contribution in [3.63, 3.8) is 0 Å². The fourth-order valence-electron chi connectivity index (χ4n) is 1.54. The zero-order valence-corrected chi connectivity index (χ0v) is 11.4. The van der Waals surface area contributed by atoms with Crippen LogP contribution in [0.5, 0.6) is 0 Å². The maximum absolute atomic E-state index is 11.2. The van der Waals surface area contributed by atoms with E-state index >= 15 is 0 Å². The molecule has 4 heteroatoms. The highest BCUT2D eigenvalue weighted by molar-refractivity contribution is 7.89. The van der Waals surface area contributed by atoms with Crippen molar-refractivity contribution in [2.24, 2.45) is 0 Å². The molecule has 0 aliphatic carbocycles. The van der Waals surface area contributed by atoms with E-state index in [0.29, 0.717) is 6.54 Å². The lowest BCUT2D eigenvalue weighted by Crippen LogP contribution is -2.26. The van der Waals surface area contributed by atoms with Gasteiger partial charge in [-0.15, -0.1) is 0 Å². The number of hydrogen-bond donors (Lipinski definition) is 1. The number of aryl methyl sites for hydroxylation is 2. The van der Waals surface area contributed by atoms with E-state index in [0.717, 1.165) is 19.3 Å². The van der Waals surface area contributed by atoms with Crippen LogP contribution in [-0.4, -0.2) is 20.7 Å². The Morgan fingerprint density at radius 1 is 1.12 bits per heavy atom. The van der Waals surface area contributed by atoms with E-state index in [4.69, 9.17) is 0 Å². The van der Waals surface area contributed by atoms with E-state index in [1.54, 1.807) is 6.92 Å². The molecule has 0 aliphatic rings. The summed E-state index contributed by atoms with van der Waals surface area (Å²) in [5.74, 6) is 0.158. The second-order valence-corrected chi connectivity index (χ2v) is 6.34. The molecule has 96 valence electrons. The molecule has 0 saturated carbocycles.